The number of thioether (sulfide) groups is 1. The van der Waals surface area contributed by atoms with Crippen LogP contribution in [0.3, 0.4) is 0 Å². The van der Waals surface area contributed by atoms with E-state index >= 15 is 0 Å². The fourth-order valence-electron chi connectivity index (χ4n) is 1.71. The lowest BCUT2D eigenvalue weighted by molar-refractivity contribution is -0.183. The minimum absolute atomic E-state index is 0.0924. The van der Waals surface area contributed by atoms with Crippen LogP contribution in [0.15, 0.2) is 29.2 Å². The molecule has 0 saturated carbocycles. The molecular weight excluding hydrogens is 236 g/mol. The topological polar surface area (TPSA) is 27.7 Å². The van der Waals surface area contributed by atoms with E-state index in [2.05, 4.69) is 12.3 Å². The molecule has 1 aromatic rings. The number of hydrogen-bond donors (Lipinski definition) is 0. The maximum atomic E-state index is 5.75. The van der Waals surface area contributed by atoms with E-state index < -0.39 is 0 Å². The van der Waals surface area contributed by atoms with Gasteiger partial charge in [-0.15, -0.1) is 11.8 Å². The number of benzene rings is 1. The van der Waals surface area contributed by atoms with E-state index in [1.807, 2.05) is 18.2 Å². The van der Waals surface area contributed by atoms with Crippen molar-refractivity contribution in [3.8, 4) is 5.75 Å². The highest BCUT2D eigenvalue weighted by Crippen LogP contribution is 2.27. The van der Waals surface area contributed by atoms with E-state index in [1.165, 1.54) is 0 Å². The van der Waals surface area contributed by atoms with Crippen LogP contribution in [-0.4, -0.2) is 32.4 Å². The molecule has 0 spiro atoms. The van der Waals surface area contributed by atoms with Gasteiger partial charge in [0, 0.05) is 11.3 Å². The number of ether oxygens (including phenoxy) is 3. The summed E-state index contributed by atoms with van der Waals surface area (Å²) in [4.78, 5) is 1.16. The molecule has 1 saturated heterocycles. The van der Waals surface area contributed by atoms with Gasteiger partial charge >= 0.3 is 0 Å². The van der Waals surface area contributed by atoms with Crippen LogP contribution < -0.4 is 4.74 Å². The molecule has 1 aromatic carbocycles. The summed E-state index contributed by atoms with van der Waals surface area (Å²) in [5.74, 6) is 0.941. The Bertz CT molecular complexity index is 337. The molecule has 0 N–H and O–H groups in total. The average Bonchev–Trinajstić information content (AvgIpc) is 2.40. The number of rotatable bonds is 5. The fraction of sp³-hybridized carbons (Fsp3) is 0.538. The molecule has 2 rings (SSSR count). The molecular formula is C13H18O3S. The van der Waals surface area contributed by atoms with Crippen LogP contribution in [-0.2, 0) is 9.47 Å². The van der Waals surface area contributed by atoms with Gasteiger partial charge in [0.15, 0.2) is 6.29 Å². The Balaban J connectivity index is 1.77. The van der Waals surface area contributed by atoms with Crippen molar-refractivity contribution in [1.29, 1.82) is 0 Å². The first-order valence-corrected chi connectivity index (χ1v) is 7.11. The zero-order valence-corrected chi connectivity index (χ0v) is 10.9. The molecule has 0 aromatic heterocycles. The Morgan fingerprint density at radius 3 is 2.82 bits per heavy atom. The van der Waals surface area contributed by atoms with Crippen molar-refractivity contribution >= 4 is 11.8 Å². The first-order chi connectivity index (χ1) is 8.40. The van der Waals surface area contributed by atoms with E-state index in [-0.39, 0.29) is 6.29 Å². The van der Waals surface area contributed by atoms with Gasteiger partial charge in [-0.3, -0.25) is 0 Å². The predicted molar refractivity (Wildman–Crippen MR) is 68.6 cm³/mol. The van der Waals surface area contributed by atoms with Crippen LogP contribution >= 0.6 is 11.8 Å². The van der Waals surface area contributed by atoms with E-state index in [4.69, 9.17) is 14.2 Å². The third-order valence-electron chi connectivity index (χ3n) is 2.58. The Labute approximate surface area is 106 Å². The highest BCUT2D eigenvalue weighted by atomic mass is 32.2. The first kappa shape index (κ1) is 12.7. The van der Waals surface area contributed by atoms with Gasteiger partial charge in [0.1, 0.15) is 5.75 Å². The Morgan fingerprint density at radius 2 is 2.06 bits per heavy atom. The molecule has 1 aliphatic heterocycles. The molecule has 0 unspecified atom stereocenters. The normalized spacial score (nSPS) is 17.0. The minimum atomic E-state index is -0.0924. The van der Waals surface area contributed by atoms with Crippen molar-refractivity contribution < 1.29 is 14.2 Å². The summed E-state index contributed by atoms with van der Waals surface area (Å²) in [6.07, 6.45) is 3.73. The zero-order valence-electron chi connectivity index (χ0n) is 10.1. The van der Waals surface area contributed by atoms with Crippen LogP contribution in [0, 0.1) is 0 Å². The van der Waals surface area contributed by atoms with Crippen LogP contribution in [0.2, 0.25) is 0 Å². The highest BCUT2D eigenvalue weighted by molar-refractivity contribution is 7.98. The molecule has 0 bridgehead atoms. The van der Waals surface area contributed by atoms with Gasteiger partial charge in [-0.1, -0.05) is 12.1 Å². The largest absolute Gasteiger partial charge is 0.492 e. The molecule has 0 amide bonds. The van der Waals surface area contributed by atoms with Crippen molar-refractivity contribution in [3.63, 3.8) is 0 Å². The summed E-state index contributed by atoms with van der Waals surface area (Å²) in [7, 11) is 0. The molecule has 4 heteroatoms. The average molecular weight is 254 g/mol. The second kappa shape index (κ2) is 6.89. The monoisotopic (exact) mass is 254 g/mol. The Kier molecular flexibility index (Phi) is 5.16. The smallest absolute Gasteiger partial charge is 0.160 e. The van der Waals surface area contributed by atoms with E-state index in [0.717, 1.165) is 36.7 Å². The lowest BCUT2D eigenvalue weighted by atomic mass is 10.3. The maximum Gasteiger partial charge on any atom is 0.160 e. The Morgan fingerprint density at radius 1 is 1.29 bits per heavy atom. The van der Waals surface area contributed by atoms with Gasteiger partial charge in [-0.05, 0) is 24.8 Å². The quantitative estimate of drug-likeness (QED) is 0.755. The second-order valence-corrected chi connectivity index (χ2v) is 4.66. The maximum absolute atomic E-state index is 5.75. The standard InChI is InChI=1S/C13H18O3S/c1-17-12-6-3-2-5-11(12)14-10-7-13-15-8-4-9-16-13/h2-3,5-6,13H,4,7-10H2,1H3. The summed E-state index contributed by atoms with van der Waals surface area (Å²) in [6, 6.07) is 8.07. The summed E-state index contributed by atoms with van der Waals surface area (Å²) in [5.41, 5.74) is 0. The predicted octanol–water partition coefficient (Wildman–Crippen LogP) is 2.94. The molecule has 3 nitrogen and oxygen atoms in total. The molecule has 0 radical (unpaired) electrons. The first-order valence-electron chi connectivity index (χ1n) is 5.89. The molecule has 0 aliphatic carbocycles. The fourth-order valence-corrected chi connectivity index (χ4v) is 2.25. The Hall–Kier alpha value is -0.710. The lowest BCUT2D eigenvalue weighted by Crippen LogP contribution is -2.26. The van der Waals surface area contributed by atoms with Crippen molar-refractivity contribution in [3.05, 3.63) is 24.3 Å². The highest BCUT2D eigenvalue weighted by Gasteiger charge is 2.14. The van der Waals surface area contributed by atoms with Gasteiger partial charge in [-0.2, -0.15) is 0 Å². The summed E-state index contributed by atoms with van der Waals surface area (Å²) >= 11 is 1.69. The zero-order chi connectivity index (χ0) is 11.9. The molecule has 1 aliphatic rings. The van der Waals surface area contributed by atoms with Crippen LogP contribution in [0.1, 0.15) is 12.8 Å². The van der Waals surface area contributed by atoms with Crippen LogP contribution in [0.4, 0.5) is 0 Å². The molecule has 1 fully saturated rings. The van der Waals surface area contributed by atoms with Crippen LogP contribution in [0.5, 0.6) is 5.75 Å². The number of para-hydroxylation sites is 1. The van der Waals surface area contributed by atoms with Gasteiger partial charge in [-0.25, -0.2) is 0 Å². The SMILES string of the molecule is CSc1ccccc1OCCC1OCCCO1. The van der Waals surface area contributed by atoms with E-state index in [0.29, 0.717) is 6.61 Å². The van der Waals surface area contributed by atoms with Crippen molar-refractivity contribution in [1.82, 2.24) is 0 Å². The third-order valence-corrected chi connectivity index (χ3v) is 3.35. The minimum Gasteiger partial charge on any atom is -0.492 e. The van der Waals surface area contributed by atoms with Crippen LogP contribution in [0.25, 0.3) is 0 Å². The third kappa shape index (κ3) is 3.91. The summed E-state index contributed by atoms with van der Waals surface area (Å²) in [6.45, 7) is 2.22. The summed E-state index contributed by atoms with van der Waals surface area (Å²) < 4.78 is 16.7. The van der Waals surface area contributed by atoms with Gasteiger partial charge in [0.25, 0.3) is 0 Å². The number of hydrogen-bond acceptors (Lipinski definition) is 4. The van der Waals surface area contributed by atoms with E-state index in [1.54, 1.807) is 11.8 Å². The van der Waals surface area contributed by atoms with Crippen molar-refractivity contribution in [2.45, 2.75) is 24.0 Å². The van der Waals surface area contributed by atoms with Gasteiger partial charge < -0.3 is 14.2 Å². The van der Waals surface area contributed by atoms with Crippen molar-refractivity contribution in [2.75, 3.05) is 26.1 Å². The van der Waals surface area contributed by atoms with Gasteiger partial charge in [0.05, 0.1) is 19.8 Å². The molecule has 17 heavy (non-hydrogen) atoms. The summed E-state index contributed by atoms with van der Waals surface area (Å²) in [5, 5.41) is 0. The lowest BCUT2D eigenvalue weighted by Gasteiger charge is -2.23. The van der Waals surface area contributed by atoms with Crippen molar-refractivity contribution in [2.24, 2.45) is 0 Å². The van der Waals surface area contributed by atoms with E-state index in [9.17, 15) is 0 Å². The second-order valence-electron chi connectivity index (χ2n) is 3.81. The van der Waals surface area contributed by atoms with Gasteiger partial charge in [0.2, 0.25) is 0 Å². The molecule has 94 valence electrons. The molecule has 0 atom stereocenters. The molecule has 1 heterocycles.